The monoisotopic (exact) mass is 493 g/mol. The Kier molecular flexibility index (Phi) is 5.87. The van der Waals surface area contributed by atoms with Gasteiger partial charge >= 0.3 is 6.03 Å². The highest BCUT2D eigenvalue weighted by molar-refractivity contribution is 7.89. The maximum Gasteiger partial charge on any atom is 0.326 e. The summed E-state index contributed by atoms with van der Waals surface area (Å²) in [5.41, 5.74) is 2.62. The summed E-state index contributed by atoms with van der Waals surface area (Å²) < 4.78 is 27.3. The predicted octanol–water partition coefficient (Wildman–Crippen LogP) is 1.78. The minimum absolute atomic E-state index is 0.107. The molecule has 2 fully saturated rings. The molecular weight excluding hydrogens is 466 g/mol. The van der Waals surface area contributed by atoms with E-state index < -0.39 is 21.6 Å². The third-order valence-electron chi connectivity index (χ3n) is 7.24. The molecule has 0 saturated carbocycles. The zero-order valence-corrected chi connectivity index (χ0v) is 20.3. The Morgan fingerprint density at radius 3 is 2.37 bits per heavy atom. The van der Waals surface area contributed by atoms with Gasteiger partial charge in [0.1, 0.15) is 5.54 Å². The number of rotatable bonds is 5. The van der Waals surface area contributed by atoms with Crippen molar-refractivity contribution in [3.8, 4) is 6.07 Å². The molecule has 2 heterocycles. The van der Waals surface area contributed by atoms with E-state index in [1.165, 1.54) is 44.6 Å². The molecule has 0 aromatic heterocycles. The van der Waals surface area contributed by atoms with Gasteiger partial charge in [-0.05, 0) is 67.1 Å². The molecule has 2 saturated heterocycles. The second-order valence-corrected chi connectivity index (χ2v) is 11.4. The van der Waals surface area contributed by atoms with Crippen molar-refractivity contribution < 1.29 is 18.0 Å². The van der Waals surface area contributed by atoms with E-state index in [1.807, 2.05) is 23.1 Å². The number of piperazine rings is 1. The summed E-state index contributed by atoms with van der Waals surface area (Å²) in [6.45, 7) is 3.12. The third-order valence-corrected chi connectivity index (χ3v) is 9.16. The third kappa shape index (κ3) is 4.10. The van der Waals surface area contributed by atoms with E-state index in [9.17, 15) is 18.0 Å². The fourth-order valence-corrected chi connectivity index (χ4v) is 6.49. The first-order chi connectivity index (χ1) is 16.7. The average Bonchev–Trinajstić information content (AvgIpc) is 3.42. The standard InChI is InChI=1S/C25H27N5O4S/c1-25(21-8-7-19-3-2-4-20(19)15-21)23(31)30(24(32)27-25)17-28-11-13-29(14-12-28)35(33,34)22-9-5-18(16-26)6-10-22/h5-10,15H,2-4,11-14,17H2,1H3,(H,27,32)/t25-/m0/s1. The van der Waals surface area contributed by atoms with Crippen molar-refractivity contribution in [1.29, 1.82) is 5.26 Å². The van der Waals surface area contributed by atoms with Gasteiger partial charge in [0.15, 0.2) is 0 Å². The van der Waals surface area contributed by atoms with E-state index in [-0.39, 0.29) is 30.6 Å². The molecule has 2 aromatic carbocycles. The van der Waals surface area contributed by atoms with Crippen LogP contribution >= 0.6 is 0 Å². The van der Waals surface area contributed by atoms with Crippen LogP contribution in [0.15, 0.2) is 47.4 Å². The maximum atomic E-state index is 13.4. The predicted molar refractivity (Wildman–Crippen MR) is 128 cm³/mol. The minimum Gasteiger partial charge on any atom is -0.319 e. The fraction of sp³-hybridized carbons (Fsp3) is 0.400. The Bertz CT molecular complexity index is 1330. The summed E-state index contributed by atoms with van der Waals surface area (Å²) in [4.78, 5) is 29.4. The summed E-state index contributed by atoms with van der Waals surface area (Å²) in [6, 6.07) is 13.4. The summed E-state index contributed by atoms with van der Waals surface area (Å²) >= 11 is 0. The van der Waals surface area contributed by atoms with Gasteiger partial charge in [0.2, 0.25) is 10.0 Å². The molecule has 1 atom stereocenters. The largest absolute Gasteiger partial charge is 0.326 e. The second-order valence-electron chi connectivity index (χ2n) is 9.43. The number of hydrogen-bond donors (Lipinski definition) is 1. The minimum atomic E-state index is -3.68. The number of imide groups is 1. The Morgan fingerprint density at radius 2 is 1.69 bits per heavy atom. The topological polar surface area (TPSA) is 114 Å². The summed E-state index contributed by atoms with van der Waals surface area (Å²) in [5.74, 6) is -0.298. The zero-order valence-electron chi connectivity index (χ0n) is 19.5. The molecule has 3 amide bonds. The van der Waals surface area contributed by atoms with Crippen molar-refractivity contribution in [1.82, 2.24) is 19.4 Å². The van der Waals surface area contributed by atoms with E-state index in [0.717, 1.165) is 24.8 Å². The molecule has 1 N–H and O–H groups in total. The van der Waals surface area contributed by atoms with E-state index >= 15 is 0 Å². The van der Waals surface area contributed by atoms with Crippen LogP contribution in [0.3, 0.4) is 0 Å². The van der Waals surface area contributed by atoms with Crippen molar-refractivity contribution in [2.45, 2.75) is 36.6 Å². The quantitative estimate of drug-likeness (QED) is 0.635. The molecule has 9 nitrogen and oxygen atoms in total. The molecule has 182 valence electrons. The Labute approximate surface area is 205 Å². The van der Waals surface area contributed by atoms with Crippen LogP contribution in [0.4, 0.5) is 4.79 Å². The SMILES string of the molecule is C[C@@]1(c2ccc3c(c2)CCC3)NC(=O)N(CN2CCN(S(=O)(=O)c3ccc(C#N)cc3)CC2)C1=O. The lowest BCUT2D eigenvalue weighted by Crippen LogP contribution is -2.52. The zero-order chi connectivity index (χ0) is 24.8. The lowest BCUT2D eigenvalue weighted by Gasteiger charge is -2.35. The molecule has 3 aliphatic rings. The Hall–Kier alpha value is -3.26. The number of urea groups is 1. The van der Waals surface area contributed by atoms with Gasteiger partial charge in [0.05, 0.1) is 23.2 Å². The van der Waals surface area contributed by atoms with Crippen molar-refractivity contribution >= 4 is 22.0 Å². The summed E-state index contributed by atoms with van der Waals surface area (Å²) in [5, 5.41) is 11.8. The van der Waals surface area contributed by atoms with E-state index in [1.54, 1.807) is 6.92 Å². The highest BCUT2D eigenvalue weighted by atomic mass is 32.2. The van der Waals surface area contributed by atoms with E-state index in [4.69, 9.17) is 5.26 Å². The number of fused-ring (bicyclic) bond motifs is 1. The van der Waals surface area contributed by atoms with Crippen molar-refractivity contribution in [2.24, 2.45) is 0 Å². The normalized spacial score (nSPS) is 23.3. The molecule has 35 heavy (non-hydrogen) atoms. The summed E-state index contributed by atoms with van der Waals surface area (Å²) in [7, 11) is -3.68. The Morgan fingerprint density at radius 1 is 1.00 bits per heavy atom. The Balaban J connectivity index is 1.24. The van der Waals surface area contributed by atoms with Crippen LogP contribution in [0.5, 0.6) is 0 Å². The summed E-state index contributed by atoms with van der Waals surface area (Å²) in [6.07, 6.45) is 3.14. The number of amides is 3. The number of aryl methyl sites for hydroxylation is 2. The maximum absolute atomic E-state index is 13.4. The van der Waals surface area contributed by atoms with Crippen molar-refractivity contribution in [2.75, 3.05) is 32.8 Å². The first-order valence-corrected chi connectivity index (χ1v) is 13.2. The van der Waals surface area contributed by atoms with Crippen LogP contribution in [0.2, 0.25) is 0 Å². The number of hydrogen-bond acceptors (Lipinski definition) is 6. The number of benzene rings is 2. The molecule has 0 radical (unpaired) electrons. The lowest BCUT2D eigenvalue weighted by molar-refractivity contribution is -0.132. The van der Waals surface area contributed by atoms with Crippen LogP contribution in [0.1, 0.15) is 35.6 Å². The van der Waals surface area contributed by atoms with Gasteiger partial charge < -0.3 is 5.32 Å². The van der Waals surface area contributed by atoms with Gasteiger partial charge in [-0.1, -0.05) is 18.2 Å². The molecule has 2 aliphatic heterocycles. The first kappa shape index (κ1) is 23.5. The van der Waals surface area contributed by atoms with Crippen LogP contribution in [-0.2, 0) is 33.2 Å². The number of carbonyl (C=O) groups excluding carboxylic acids is 2. The molecule has 0 bridgehead atoms. The molecular formula is C25H27N5O4S. The average molecular weight is 494 g/mol. The molecule has 1 aliphatic carbocycles. The van der Waals surface area contributed by atoms with Gasteiger partial charge in [-0.15, -0.1) is 0 Å². The van der Waals surface area contributed by atoms with Crippen molar-refractivity contribution in [3.05, 3.63) is 64.7 Å². The smallest absolute Gasteiger partial charge is 0.319 e. The van der Waals surface area contributed by atoms with Crippen molar-refractivity contribution in [3.63, 3.8) is 0 Å². The van der Waals surface area contributed by atoms with Gasteiger partial charge in [0, 0.05) is 26.2 Å². The molecule has 2 aromatic rings. The number of nitrogens with zero attached hydrogens (tertiary/aromatic N) is 4. The van der Waals surface area contributed by atoms with Crippen LogP contribution < -0.4 is 5.32 Å². The van der Waals surface area contributed by atoms with Crippen LogP contribution in [0, 0.1) is 11.3 Å². The highest BCUT2D eigenvalue weighted by Gasteiger charge is 2.49. The van der Waals surface area contributed by atoms with Crippen LogP contribution in [0.25, 0.3) is 0 Å². The van der Waals surface area contributed by atoms with Gasteiger partial charge in [-0.3, -0.25) is 9.69 Å². The number of sulfonamides is 1. The second kappa shape index (κ2) is 8.75. The van der Waals surface area contributed by atoms with Gasteiger partial charge in [-0.2, -0.15) is 9.57 Å². The molecule has 5 rings (SSSR count). The highest BCUT2D eigenvalue weighted by Crippen LogP contribution is 2.33. The van der Waals surface area contributed by atoms with E-state index in [2.05, 4.69) is 11.4 Å². The van der Waals surface area contributed by atoms with Gasteiger partial charge in [0.25, 0.3) is 5.91 Å². The number of nitriles is 1. The van der Waals surface area contributed by atoms with Gasteiger partial charge in [-0.25, -0.2) is 18.1 Å². The van der Waals surface area contributed by atoms with E-state index in [0.29, 0.717) is 18.7 Å². The van der Waals surface area contributed by atoms with Crippen LogP contribution in [-0.4, -0.2) is 67.3 Å². The molecule has 0 unspecified atom stereocenters. The lowest BCUT2D eigenvalue weighted by atomic mass is 9.90. The molecule has 0 spiro atoms. The number of carbonyl (C=O) groups is 2. The number of nitrogens with one attached hydrogen (secondary N) is 1. The fourth-order valence-electron chi connectivity index (χ4n) is 5.07. The molecule has 10 heteroatoms. The first-order valence-electron chi connectivity index (χ1n) is 11.7.